The van der Waals surface area contributed by atoms with Crippen molar-refractivity contribution < 1.29 is 14.7 Å². The van der Waals surface area contributed by atoms with E-state index in [-0.39, 0.29) is 12.6 Å². The van der Waals surface area contributed by atoms with Gasteiger partial charge in [0.25, 0.3) is 0 Å². The molecule has 17 heavy (non-hydrogen) atoms. The van der Waals surface area contributed by atoms with E-state index >= 15 is 0 Å². The van der Waals surface area contributed by atoms with Gasteiger partial charge in [-0.2, -0.15) is 0 Å². The predicted molar refractivity (Wildman–Crippen MR) is 64.9 cm³/mol. The Bertz CT molecular complexity index is 264. The summed E-state index contributed by atoms with van der Waals surface area (Å²) < 4.78 is 0. The number of carbonyl (C=O) groups excluding carboxylic acids is 1. The molecule has 0 radical (unpaired) electrons. The van der Waals surface area contributed by atoms with Gasteiger partial charge in [0, 0.05) is 13.1 Å². The highest BCUT2D eigenvalue weighted by Gasteiger charge is 2.20. The summed E-state index contributed by atoms with van der Waals surface area (Å²) in [6.45, 7) is 2.84. The van der Waals surface area contributed by atoms with Crippen molar-refractivity contribution in [2.45, 2.75) is 39.0 Å². The van der Waals surface area contributed by atoms with Gasteiger partial charge in [-0.3, -0.25) is 4.79 Å². The number of amides is 2. The fraction of sp³-hybridized carbons (Fsp3) is 0.833. The summed E-state index contributed by atoms with van der Waals surface area (Å²) in [5.74, 6) is -0.0933. The average molecular weight is 242 g/mol. The third kappa shape index (κ3) is 6.14. The Morgan fingerprint density at radius 2 is 2.12 bits per heavy atom. The van der Waals surface area contributed by atoms with Crippen molar-refractivity contribution in [3.05, 3.63) is 0 Å². The number of hydrogen-bond acceptors (Lipinski definition) is 2. The highest BCUT2D eigenvalue weighted by atomic mass is 16.4. The first-order valence-electron chi connectivity index (χ1n) is 6.38. The van der Waals surface area contributed by atoms with Crippen LogP contribution in [0.1, 0.15) is 39.0 Å². The van der Waals surface area contributed by atoms with Crippen molar-refractivity contribution in [1.82, 2.24) is 10.2 Å². The number of carbonyl (C=O) groups is 2. The maximum Gasteiger partial charge on any atom is 0.323 e. The molecule has 0 bridgehead atoms. The van der Waals surface area contributed by atoms with E-state index in [1.807, 2.05) is 6.92 Å². The van der Waals surface area contributed by atoms with Crippen LogP contribution in [0.25, 0.3) is 0 Å². The van der Waals surface area contributed by atoms with Crippen molar-refractivity contribution in [2.75, 3.05) is 19.6 Å². The number of aliphatic carboxylic acids is 1. The fourth-order valence-corrected chi connectivity index (χ4v) is 1.79. The number of nitrogens with zero attached hydrogens (tertiary/aromatic N) is 1. The molecule has 5 nitrogen and oxygen atoms in total. The van der Waals surface area contributed by atoms with E-state index in [9.17, 15) is 9.59 Å². The molecule has 0 spiro atoms. The molecule has 2 amide bonds. The van der Waals surface area contributed by atoms with Crippen LogP contribution in [0.5, 0.6) is 0 Å². The molecule has 1 rings (SSSR count). The van der Waals surface area contributed by atoms with Crippen molar-refractivity contribution in [3.63, 3.8) is 0 Å². The average Bonchev–Trinajstić information content (AvgIpc) is 3.07. The van der Waals surface area contributed by atoms with Gasteiger partial charge in [0.05, 0.1) is 0 Å². The molecular weight excluding hydrogens is 220 g/mol. The topological polar surface area (TPSA) is 69.6 Å². The first-order chi connectivity index (χ1) is 8.13. The second-order valence-corrected chi connectivity index (χ2v) is 4.63. The molecule has 0 unspecified atom stereocenters. The van der Waals surface area contributed by atoms with Crippen molar-refractivity contribution in [3.8, 4) is 0 Å². The SMILES string of the molecule is CCCN(CC(=O)O)C(=O)NCCCC1CC1. The Kier molecular flexibility index (Phi) is 5.80. The minimum absolute atomic E-state index is 0.220. The first-order valence-corrected chi connectivity index (χ1v) is 6.38. The van der Waals surface area contributed by atoms with Crippen molar-refractivity contribution in [2.24, 2.45) is 5.92 Å². The van der Waals surface area contributed by atoms with E-state index < -0.39 is 5.97 Å². The normalized spacial score (nSPS) is 14.4. The second kappa shape index (κ2) is 7.14. The van der Waals surface area contributed by atoms with Gasteiger partial charge in [-0.05, 0) is 25.2 Å². The maximum absolute atomic E-state index is 11.7. The largest absolute Gasteiger partial charge is 0.480 e. The zero-order valence-electron chi connectivity index (χ0n) is 10.4. The molecular formula is C12H22N2O3. The summed E-state index contributed by atoms with van der Waals surface area (Å²) in [6, 6.07) is -0.259. The van der Waals surface area contributed by atoms with Gasteiger partial charge < -0.3 is 15.3 Å². The zero-order chi connectivity index (χ0) is 12.7. The fourth-order valence-electron chi connectivity index (χ4n) is 1.79. The lowest BCUT2D eigenvalue weighted by Gasteiger charge is -2.20. The lowest BCUT2D eigenvalue weighted by Crippen LogP contribution is -2.43. The van der Waals surface area contributed by atoms with Gasteiger partial charge in [-0.1, -0.05) is 19.8 Å². The summed E-state index contributed by atoms with van der Waals surface area (Å²) in [4.78, 5) is 23.6. The summed E-state index contributed by atoms with van der Waals surface area (Å²) in [7, 11) is 0. The number of rotatable bonds is 8. The molecule has 1 aliphatic rings. The minimum Gasteiger partial charge on any atom is -0.480 e. The van der Waals surface area contributed by atoms with Crippen LogP contribution in [0.4, 0.5) is 4.79 Å². The van der Waals surface area contributed by atoms with Gasteiger partial charge in [0.15, 0.2) is 0 Å². The zero-order valence-corrected chi connectivity index (χ0v) is 10.4. The number of carboxylic acids is 1. The third-order valence-electron chi connectivity index (χ3n) is 2.87. The number of carboxylic acid groups (broad SMARTS) is 1. The van der Waals surface area contributed by atoms with E-state index in [1.165, 1.54) is 24.2 Å². The Morgan fingerprint density at radius 1 is 1.41 bits per heavy atom. The van der Waals surface area contributed by atoms with Crippen molar-refractivity contribution >= 4 is 12.0 Å². The highest BCUT2D eigenvalue weighted by molar-refractivity contribution is 5.80. The second-order valence-electron chi connectivity index (χ2n) is 4.63. The van der Waals surface area contributed by atoms with Gasteiger partial charge in [-0.15, -0.1) is 0 Å². The number of nitrogens with one attached hydrogen (secondary N) is 1. The Balaban J connectivity index is 2.17. The van der Waals surface area contributed by atoms with Gasteiger partial charge in [0.2, 0.25) is 0 Å². The van der Waals surface area contributed by atoms with E-state index in [0.29, 0.717) is 13.1 Å². The van der Waals surface area contributed by atoms with Crippen LogP contribution in [0.2, 0.25) is 0 Å². The molecule has 1 fully saturated rings. The molecule has 98 valence electrons. The molecule has 0 aromatic rings. The minimum atomic E-state index is -0.966. The molecule has 0 aromatic carbocycles. The monoisotopic (exact) mass is 242 g/mol. The summed E-state index contributed by atoms with van der Waals surface area (Å²) in [6.07, 6.45) is 5.59. The van der Waals surface area contributed by atoms with Gasteiger partial charge in [-0.25, -0.2) is 4.79 Å². The van der Waals surface area contributed by atoms with Gasteiger partial charge in [0.1, 0.15) is 6.54 Å². The van der Waals surface area contributed by atoms with Crippen LogP contribution < -0.4 is 5.32 Å². The quantitative estimate of drug-likeness (QED) is 0.636. The smallest absolute Gasteiger partial charge is 0.323 e. The standard InChI is InChI=1S/C12H22N2O3/c1-2-8-14(9-11(15)16)12(17)13-7-3-4-10-5-6-10/h10H,2-9H2,1H3,(H,13,17)(H,15,16). The van der Waals surface area contributed by atoms with Crippen LogP contribution in [0.15, 0.2) is 0 Å². The lowest BCUT2D eigenvalue weighted by molar-refractivity contribution is -0.137. The van der Waals surface area contributed by atoms with E-state index in [2.05, 4.69) is 5.32 Å². The molecule has 1 aliphatic carbocycles. The number of urea groups is 1. The molecule has 0 heterocycles. The molecule has 1 saturated carbocycles. The van der Waals surface area contributed by atoms with Crippen LogP contribution in [-0.4, -0.2) is 41.6 Å². The molecule has 0 aliphatic heterocycles. The van der Waals surface area contributed by atoms with Gasteiger partial charge >= 0.3 is 12.0 Å². The number of hydrogen-bond donors (Lipinski definition) is 2. The van der Waals surface area contributed by atoms with E-state index in [1.54, 1.807) is 0 Å². The Morgan fingerprint density at radius 3 is 2.65 bits per heavy atom. The van der Waals surface area contributed by atoms with E-state index in [0.717, 1.165) is 18.8 Å². The Labute approximate surface area is 102 Å². The summed E-state index contributed by atoms with van der Waals surface area (Å²) >= 11 is 0. The first kappa shape index (κ1) is 13.8. The summed E-state index contributed by atoms with van der Waals surface area (Å²) in [5, 5.41) is 11.5. The lowest BCUT2D eigenvalue weighted by atomic mass is 10.2. The summed E-state index contributed by atoms with van der Waals surface area (Å²) in [5.41, 5.74) is 0. The van der Waals surface area contributed by atoms with Crippen molar-refractivity contribution in [1.29, 1.82) is 0 Å². The highest BCUT2D eigenvalue weighted by Crippen LogP contribution is 2.33. The molecule has 0 aromatic heterocycles. The maximum atomic E-state index is 11.7. The van der Waals surface area contributed by atoms with E-state index in [4.69, 9.17) is 5.11 Å². The van der Waals surface area contributed by atoms with Crippen LogP contribution >= 0.6 is 0 Å². The molecule has 2 N–H and O–H groups in total. The van der Waals surface area contributed by atoms with Crippen LogP contribution in [0, 0.1) is 5.92 Å². The third-order valence-corrected chi connectivity index (χ3v) is 2.87. The Hall–Kier alpha value is -1.26. The predicted octanol–water partition coefficient (Wildman–Crippen LogP) is 1.68. The molecule has 5 heteroatoms. The molecule has 0 atom stereocenters. The molecule has 0 saturated heterocycles. The van der Waals surface area contributed by atoms with Crippen LogP contribution in [0.3, 0.4) is 0 Å². The van der Waals surface area contributed by atoms with Crippen LogP contribution in [-0.2, 0) is 4.79 Å².